The van der Waals surface area contributed by atoms with Crippen molar-refractivity contribution < 1.29 is 18.6 Å². The van der Waals surface area contributed by atoms with Gasteiger partial charge in [0.2, 0.25) is 0 Å². The van der Waals surface area contributed by atoms with Crippen LogP contribution in [0.25, 0.3) is 10.9 Å². The van der Waals surface area contributed by atoms with Gasteiger partial charge in [-0.3, -0.25) is 0 Å². The maximum absolute atomic E-state index is 14.6. The highest BCUT2D eigenvalue weighted by atomic mass is 127. The molecule has 0 aliphatic rings. The van der Waals surface area contributed by atoms with Crippen molar-refractivity contribution in [1.82, 2.24) is 9.97 Å². The van der Waals surface area contributed by atoms with E-state index < -0.39 is 11.5 Å². The number of methoxy groups -OCH3 is 1. The Morgan fingerprint density at radius 1 is 1.17 bits per heavy atom. The summed E-state index contributed by atoms with van der Waals surface area (Å²) in [5, 5.41) is 14.0. The Kier molecular flexibility index (Phi) is 6.20. The molecule has 8 heteroatoms. The zero-order valence-electron chi connectivity index (χ0n) is 17.4. The van der Waals surface area contributed by atoms with Gasteiger partial charge in [0.25, 0.3) is 0 Å². The number of aryl methyl sites for hydroxylation is 1. The highest BCUT2D eigenvalue weighted by Gasteiger charge is 2.47. The third-order valence-electron chi connectivity index (χ3n) is 4.95. The van der Waals surface area contributed by atoms with E-state index in [9.17, 15) is 13.9 Å². The maximum atomic E-state index is 14.6. The summed E-state index contributed by atoms with van der Waals surface area (Å²) in [6.45, 7) is 5.88. The molecule has 1 heterocycles. The summed E-state index contributed by atoms with van der Waals surface area (Å²) in [6.07, 6.45) is 0. The van der Waals surface area contributed by atoms with E-state index in [4.69, 9.17) is 4.74 Å². The first-order valence-electron chi connectivity index (χ1n) is 9.43. The first-order valence-corrected chi connectivity index (χ1v) is 10.5. The molecule has 160 valence electrons. The molecule has 1 aromatic heterocycles. The van der Waals surface area contributed by atoms with E-state index >= 15 is 0 Å². The predicted octanol–water partition coefficient (Wildman–Crippen LogP) is 5.59. The Hall–Kier alpha value is -2.07. The third kappa shape index (κ3) is 4.34. The maximum Gasteiger partial charge on any atom is 0.300 e. The van der Waals surface area contributed by atoms with Gasteiger partial charge in [-0.25, -0.2) is 9.97 Å². The highest BCUT2D eigenvalue weighted by Crippen LogP contribution is 2.39. The van der Waals surface area contributed by atoms with E-state index in [-0.39, 0.29) is 11.6 Å². The van der Waals surface area contributed by atoms with Gasteiger partial charge in [-0.15, -0.1) is 0 Å². The Balaban J connectivity index is 1.99. The quantitative estimate of drug-likeness (QED) is 0.410. The third-order valence-corrected chi connectivity index (χ3v) is 5.79. The van der Waals surface area contributed by atoms with Crippen LogP contribution >= 0.6 is 22.6 Å². The average Bonchev–Trinajstić information content (AvgIpc) is 2.67. The van der Waals surface area contributed by atoms with Gasteiger partial charge in [0.05, 0.1) is 16.2 Å². The fraction of sp³-hybridized carbons (Fsp3) is 0.364. The number of fused-ring (bicyclic) bond motifs is 1. The molecule has 30 heavy (non-hydrogen) atoms. The largest absolute Gasteiger partial charge is 0.496 e. The number of ether oxygens (including phenoxy) is 1. The number of benzene rings is 2. The van der Waals surface area contributed by atoms with Crippen molar-refractivity contribution in [2.24, 2.45) is 0 Å². The molecule has 0 amide bonds. The molecule has 0 radical (unpaired) electrons. The summed E-state index contributed by atoms with van der Waals surface area (Å²) in [7, 11) is 1.61. The van der Waals surface area contributed by atoms with E-state index in [2.05, 4.69) is 37.9 Å². The van der Waals surface area contributed by atoms with Gasteiger partial charge in [0, 0.05) is 23.1 Å². The van der Waals surface area contributed by atoms with Gasteiger partial charge >= 0.3 is 5.92 Å². The number of rotatable bonds is 6. The number of hydrogen-bond donors (Lipinski definition) is 2. The number of nitrogens with zero attached hydrogens (tertiary/aromatic N) is 2. The molecule has 0 spiro atoms. The van der Waals surface area contributed by atoms with Gasteiger partial charge in [-0.05, 0) is 68.0 Å². The van der Waals surface area contributed by atoms with E-state index in [0.29, 0.717) is 17.2 Å². The molecule has 0 aliphatic heterocycles. The van der Waals surface area contributed by atoms with Crippen LogP contribution < -0.4 is 10.1 Å². The molecule has 0 unspecified atom stereocenters. The van der Waals surface area contributed by atoms with Crippen molar-refractivity contribution in [1.29, 1.82) is 0 Å². The number of anilines is 1. The molecule has 0 saturated carbocycles. The van der Waals surface area contributed by atoms with E-state index in [0.717, 1.165) is 34.1 Å². The van der Waals surface area contributed by atoms with Crippen molar-refractivity contribution in [2.75, 3.05) is 12.4 Å². The minimum Gasteiger partial charge on any atom is -0.496 e. The molecule has 2 aromatic carbocycles. The molecular formula is C22H24F2IN3O2. The second-order valence-corrected chi connectivity index (χ2v) is 8.91. The van der Waals surface area contributed by atoms with Crippen LogP contribution in [0.1, 0.15) is 43.8 Å². The molecule has 0 aliphatic carbocycles. The van der Waals surface area contributed by atoms with Crippen LogP contribution in [0.5, 0.6) is 5.75 Å². The molecule has 0 saturated heterocycles. The molecule has 0 bridgehead atoms. The lowest BCUT2D eigenvalue weighted by atomic mass is 9.91. The monoisotopic (exact) mass is 527 g/mol. The summed E-state index contributed by atoms with van der Waals surface area (Å²) >= 11 is 2.18. The average molecular weight is 527 g/mol. The van der Waals surface area contributed by atoms with Crippen molar-refractivity contribution in [3.63, 3.8) is 0 Å². The summed E-state index contributed by atoms with van der Waals surface area (Å²) in [5.74, 6) is -1.46. The van der Waals surface area contributed by atoms with E-state index in [1.807, 2.05) is 19.1 Å². The summed E-state index contributed by atoms with van der Waals surface area (Å²) < 4.78 is 35.5. The number of halogens is 3. The molecular weight excluding hydrogens is 503 g/mol. The second-order valence-electron chi connectivity index (χ2n) is 7.75. The van der Waals surface area contributed by atoms with Crippen LogP contribution in [-0.4, -0.2) is 27.8 Å². The fourth-order valence-corrected chi connectivity index (χ4v) is 3.84. The Morgan fingerprint density at radius 3 is 2.50 bits per heavy atom. The zero-order valence-corrected chi connectivity index (χ0v) is 19.6. The number of hydrogen-bond acceptors (Lipinski definition) is 5. The minimum atomic E-state index is -3.38. The van der Waals surface area contributed by atoms with Gasteiger partial charge in [-0.1, -0.05) is 18.2 Å². The van der Waals surface area contributed by atoms with Gasteiger partial charge in [-0.2, -0.15) is 8.78 Å². The smallest absolute Gasteiger partial charge is 0.300 e. The molecule has 1 atom stereocenters. The van der Waals surface area contributed by atoms with Crippen molar-refractivity contribution >= 4 is 39.3 Å². The SMILES string of the molecule is COc1cc2nc(C)nc(N[C@H](C)c3cccc(C(F)(F)C(C)(C)O)c3)c2cc1I. The summed E-state index contributed by atoms with van der Waals surface area (Å²) in [5.41, 5.74) is -1.01. The van der Waals surface area contributed by atoms with Crippen LogP contribution in [0.3, 0.4) is 0 Å². The van der Waals surface area contributed by atoms with Crippen molar-refractivity contribution in [3.05, 3.63) is 56.9 Å². The first-order chi connectivity index (χ1) is 13.9. The summed E-state index contributed by atoms with van der Waals surface area (Å²) in [6, 6.07) is 9.56. The first kappa shape index (κ1) is 22.6. The number of aliphatic hydroxyl groups is 1. The molecule has 2 N–H and O–H groups in total. The second kappa shape index (κ2) is 8.22. The topological polar surface area (TPSA) is 67.3 Å². The van der Waals surface area contributed by atoms with Gasteiger partial charge in [0.1, 0.15) is 23.0 Å². The standard InChI is InChI=1S/C22H24F2IN3O2/c1-12(14-7-6-8-15(9-14)22(23,24)21(3,4)29)26-20-16-10-17(25)19(30-5)11-18(16)27-13(2)28-20/h6-12,29H,1-5H3,(H,26,27,28)/t12-/m1/s1. The van der Waals surface area contributed by atoms with Gasteiger partial charge < -0.3 is 15.2 Å². The van der Waals surface area contributed by atoms with Crippen LogP contribution in [0, 0.1) is 10.5 Å². The van der Waals surface area contributed by atoms with Gasteiger partial charge in [0.15, 0.2) is 0 Å². The van der Waals surface area contributed by atoms with Crippen LogP contribution in [0.15, 0.2) is 36.4 Å². The fourth-order valence-electron chi connectivity index (χ4n) is 3.16. The van der Waals surface area contributed by atoms with Crippen molar-refractivity contribution in [3.8, 4) is 5.75 Å². The normalized spacial score (nSPS) is 13.4. The number of nitrogens with one attached hydrogen (secondary N) is 1. The van der Waals surface area contributed by atoms with Crippen LogP contribution in [0.4, 0.5) is 14.6 Å². The lowest BCUT2D eigenvalue weighted by molar-refractivity contribution is -0.168. The Morgan fingerprint density at radius 2 is 1.87 bits per heavy atom. The lowest BCUT2D eigenvalue weighted by Crippen LogP contribution is -2.40. The molecule has 3 aromatic rings. The van der Waals surface area contributed by atoms with E-state index in [1.54, 1.807) is 26.2 Å². The number of alkyl halides is 2. The zero-order chi connectivity index (χ0) is 22.3. The van der Waals surface area contributed by atoms with Crippen LogP contribution in [-0.2, 0) is 5.92 Å². The lowest BCUT2D eigenvalue weighted by Gasteiger charge is -2.30. The van der Waals surface area contributed by atoms with E-state index in [1.165, 1.54) is 12.1 Å². The van der Waals surface area contributed by atoms with Crippen LogP contribution in [0.2, 0.25) is 0 Å². The minimum absolute atomic E-state index is 0.232. The number of aromatic nitrogens is 2. The molecule has 5 nitrogen and oxygen atoms in total. The Labute approximate surface area is 188 Å². The summed E-state index contributed by atoms with van der Waals surface area (Å²) in [4.78, 5) is 9.00. The van der Waals surface area contributed by atoms with Crippen molar-refractivity contribution in [2.45, 2.75) is 45.3 Å². The molecule has 3 rings (SSSR count). The Bertz CT molecular complexity index is 1080. The molecule has 0 fully saturated rings. The highest BCUT2D eigenvalue weighted by molar-refractivity contribution is 14.1. The predicted molar refractivity (Wildman–Crippen MR) is 122 cm³/mol.